The first kappa shape index (κ1) is 14.7. The highest BCUT2D eigenvalue weighted by atomic mass is 16.5. The van der Waals surface area contributed by atoms with Crippen LogP contribution in [-0.2, 0) is 11.3 Å². The second-order valence-corrected chi connectivity index (χ2v) is 3.12. The molecule has 0 bridgehead atoms. The molecule has 2 heterocycles. The number of carbonyl (C=O) groups excluding carboxylic acids is 1. The number of nitrogens with zero attached hydrogens (tertiary/aromatic N) is 2. The third-order valence-corrected chi connectivity index (χ3v) is 2.27. The van der Waals surface area contributed by atoms with Crippen LogP contribution in [-0.4, -0.2) is 23.0 Å². The van der Waals surface area contributed by atoms with Gasteiger partial charge in [0.2, 0.25) is 5.91 Å². The highest BCUT2D eigenvalue weighted by Gasteiger charge is 2.30. The van der Waals surface area contributed by atoms with Gasteiger partial charge < -0.3 is 9.42 Å². The molecule has 16 heavy (non-hydrogen) atoms. The lowest BCUT2D eigenvalue weighted by Crippen LogP contribution is -2.34. The van der Waals surface area contributed by atoms with E-state index in [0.29, 0.717) is 6.54 Å². The van der Waals surface area contributed by atoms with Crippen molar-refractivity contribution in [1.29, 1.82) is 0 Å². The van der Waals surface area contributed by atoms with Crippen LogP contribution in [0.4, 0.5) is 0 Å². The number of hydrogen-bond donors (Lipinski definition) is 0. The number of hydrogen-bond acceptors (Lipinski definition) is 3. The van der Waals surface area contributed by atoms with E-state index in [1.807, 2.05) is 34.6 Å². The third-order valence-electron chi connectivity index (χ3n) is 2.27. The molecule has 1 amide bonds. The zero-order valence-corrected chi connectivity index (χ0v) is 11.1. The van der Waals surface area contributed by atoms with E-state index in [4.69, 9.17) is 4.52 Å². The van der Waals surface area contributed by atoms with Gasteiger partial charge in [-0.25, -0.2) is 0 Å². The van der Waals surface area contributed by atoms with Crippen molar-refractivity contribution in [1.82, 2.24) is 10.1 Å². The zero-order chi connectivity index (χ0) is 12.7. The monoisotopic (exact) mass is 226 g/mol. The van der Waals surface area contributed by atoms with Crippen LogP contribution in [0.1, 0.15) is 51.9 Å². The van der Waals surface area contributed by atoms with E-state index in [-0.39, 0.29) is 11.8 Å². The summed E-state index contributed by atoms with van der Waals surface area (Å²) in [7, 11) is 1.77. The fraction of sp³-hybridized carbons (Fsp3) is 0.667. The number of fused-ring (bicyclic) bond motifs is 1. The Labute approximate surface area is 97.6 Å². The lowest BCUT2D eigenvalue weighted by Gasteiger charge is -2.25. The van der Waals surface area contributed by atoms with Crippen LogP contribution >= 0.6 is 0 Å². The third kappa shape index (κ3) is 2.84. The van der Waals surface area contributed by atoms with Gasteiger partial charge in [-0.15, -0.1) is 0 Å². The van der Waals surface area contributed by atoms with E-state index in [1.54, 1.807) is 18.1 Å². The molecule has 1 aliphatic rings. The summed E-state index contributed by atoms with van der Waals surface area (Å²) in [5.74, 6) is 0.834. The molecule has 0 fully saturated rings. The van der Waals surface area contributed by atoms with Crippen LogP contribution < -0.4 is 0 Å². The van der Waals surface area contributed by atoms with Crippen molar-refractivity contribution < 1.29 is 9.32 Å². The fourth-order valence-electron chi connectivity index (χ4n) is 1.50. The van der Waals surface area contributed by atoms with Crippen molar-refractivity contribution in [3.05, 3.63) is 17.5 Å². The van der Waals surface area contributed by atoms with Crippen LogP contribution in [0.2, 0.25) is 0 Å². The molecule has 0 N–H and O–H groups in total. The Morgan fingerprint density at radius 2 is 1.94 bits per heavy atom. The van der Waals surface area contributed by atoms with Gasteiger partial charge in [-0.3, -0.25) is 4.79 Å². The standard InChI is InChI=1S/C8H10N2O2.2C2H6/c1-5-6-3-9-12-7(6)4-10(2)8(5)11;2*1-2/h3,5H,4H2,1-2H3;2*1-2H3. The van der Waals surface area contributed by atoms with Gasteiger partial charge >= 0.3 is 0 Å². The highest BCUT2D eigenvalue weighted by molar-refractivity contribution is 5.84. The summed E-state index contributed by atoms with van der Waals surface area (Å²) < 4.78 is 5.00. The molecule has 0 aromatic carbocycles. The van der Waals surface area contributed by atoms with Gasteiger partial charge in [-0.2, -0.15) is 0 Å². The molecule has 0 radical (unpaired) electrons. The maximum atomic E-state index is 11.4. The summed E-state index contributed by atoms with van der Waals surface area (Å²) >= 11 is 0. The molecule has 0 saturated carbocycles. The van der Waals surface area contributed by atoms with E-state index < -0.39 is 0 Å². The van der Waals surface area contributed by atoms with E-state index in [0.717, 1.165) is 11.3 Å². The first-order chi connectivity index (χ1) is 7.70. The van der Waals surface area contributed by atoms with Gasteiger partial charge in [0.05, 0.1) is 18.7 Å². The second kappa shape index (κ2) is 7.04. The van der Waals surface area contributed by atoms with E-state index in [1.165, 1.54) is 0 Å². The highest BCUT2D eigenvalue weighted by Crippen LogP contribution is 2.27. The number of rotatable bonds is 0. The molecular weight excluding hydrogens is 204 g/mol. The Morgan fingerprint density at radius 3 is 2.50 bits per heavy atom. The Bertz CT molecular complexity index is 321. The topological polar surface area (TPSA) is 46.3 Å². The molecule has 1 atom stereocenters. The molecule has 1 aromatic heterocycles. The number of likely N-dealkylation sites (N-methyl/N-ethyl adjacent to an activating group) is 1. The van der Waals surface area contributed by atoms with E-state index in [2.05, 4.69) is 5.16 Å². The normalized spacial score (nSPS) is 17.8. The second-order valence-electron chi connectivity index (χ2n) is 3.12. The molecule has 4 nitrogen and oxygen atoms in total. The zero-order valence-electron chi connectivity index (χ0n) is 11.1. The van der Waals surface area contributed by atoms with Crippen LogP contribution in [0.25, 0.3) is 0 Å². The minimum atomic E-state index is -0.106. The van der Waals surface area contributed by atoms with Gasteiger partial charge in [-0.05, 0) is 6.92 Å². The number of carbonyl (C=O) groups is 1. The van der Waals surface area contributed by atoms with Gasteiger partial charge in [0.25, 0.3) is 0 Å². The SMILES string of the molecule is CC.CC.CC1C(=O)N(C)Cc2oncc21. The quantitative estimate of drug-likeness (QED) is 0.683. The van der Waals surface area contributed by atoms with E-state index >= 15 is 0 Å². The number of aromatic nitrogens is 1. The summed E-state index contributed by atoms with van der Waals surface area (Å²) in [4.78, 5) is 13.1. The Balaban J connectivity index is 0.000000509. The molecule has 1 aromatic rings. The lowest BCUT2D eigenvalue weighted by atomic mass is 9.97. The van der Waals surface area contributed by atoms with Crippen molar-refractivity contribution in [3.8, 4) is 0 Å². The fourth-order valence-corrected chi connectivity index (χ4v) is 1.50. The van der Waals surface area contributed by atoms with Crippen molar-refractivity contribution in [3.63, 3.8) is 0 Å². The average Bonchev–Trinajstić information content (AvgIpc) is 2.79. The summed E-state index contributed by atoms with van der Waals surface area (Å²) in [6.07, 6.45) is 1.63. The smallest absolute Gasteiger partial charge is 0.230 e. The van der Waals surface area contributed by atoms with Crippen LogP contribution in [0.3, 0.4) is 0 Å². The van der Waals surface area contributed by atoms with Gasteiger partial charge in [0.15, 0.2) is 5.76 Å². The largest absolute Gasteiger partial charge is 0.359 e. The van der Waals surface area contributed by atoms with Crippen molar-refractivity contribution in [2.45, 2.75) is 47.1 Å². The molecule has 0 aliphatic carbocycles. The summed E-state index contributed by atoms with van der Waals surface area (Å²) in [5, 5.41) is 3.67. The van der Waals surface area contributed by atoms with Crippen LogP contribution in [0.5, 0.6) is 0 Å². The molecule has 0 saturated heterocycles. The summed E-state index contributed by atoms with van der Waals surface area (Å²) in [6.45, 7) is 10.4. The average molecular weight is 226 g/mol. The Hall–Kier alpha value is -1.32. The van der Waals surface area contributed by atoms with Crippen molar-refractivity contribution in [2.24, 2.45) is 0 Å². The van der Waals surface area contributed by atoms with Gasteiger partial charge in [0.1, 0.15) is 0 Å². The maximum Gasteiger partial charge on any atom is 0.230 e. The Morgan fingerprint density at radius 1 is 1.38 bits per heavy atom. The van der Waals surface area contributed by atoms with Gasteiger partial charge in [0, 0.05) is 12.6 Å². The minimum Gasteiger partial charge on any atom is -0.359 e. The summed E-state index contributed by atoms with van der Waals surface area (Å²) in [6, 6.07) is 0. The first-order valence-electron chi connectivity index (χ1n) is 5.88. The first-order valence-corrected chi connectivity index (χ1v) is 5.88. The molecular formula is C12H22N2O2. The van der Waals surface area contributed by atoms with Gasteiger partial charge in [-0.1, -0.05) is 32.9 Å². The number of amides is 1. The molecule has 2 rings (SSSR count). The molecule has 1 unspecified atom stereocenters. The summed E-state index contributed by atoms with van der Waals surface area (Å²) in [5.41, 5.74) is 0.929. The molecule has 92 valence electrons. The molecule has 1 aliphatic heterocycles. The van der Waals surface area contributed by atoms with Crippen molar-refractivity contribution in [2.75, 3.05) is 7.05 Å². The van der Waals surface area contributed by atoms with Crippen LogP contribution in [0.15, 0.2) is 10.7 Å². The van der Waals surface area contributed by atoms with Crippen LogP contribution in [0, 0.1) is 0 Å². The maximum absolute atomic E-state index is 11.4. The predicted molar refractivity (Wildman–Crippen MR) is 64.1 cm³/mol. The van der Waals surface area contributed by atoms with E-state index in [9.17, 15) is 4.79 Å². The Kier molecular flexibility index (Phi) is 6.46. The predicted octanol–water partition coefficient (Wildman–Crippen LogP) is 2.80. The lowest BCUT2D eigenvalue weighted by molar-refractivity contribution is -0.132. The molecule has 0 spiro atoms. The minimum absolute atomic E-state index is 0.106. The molecule has 4 heteroatoms. The van der Waals surface area contributed by atoms with Crippen molar-refractivity contribution >= 4 is 5.91 Å².